The lowest BCUT2D eigenvalue weighted by atomic mass is 10.1. The summed E-state index contributed by atoms with van der Waals surface area (Å²) in [5.41, 5.74) is 0.330. The van der Waals surface area contributed by atoms with Gasteiger partial charge in [0.25, 0.3) is 0 Å². The molecule has 0 aliphatic carbocycles. The zero-order valence-corrected chi connectivity index (χ0v) is 6.64. The van der Waals surface area contributed by atoms with E-state index in [1.807, 2.05) is 0 Å². The first-order valence-corrected chi connectivity index (χ1v) is 3.65. The standard InChI is InChI=1S/C9H9F2O/c1-2-9(12)6-3-4-7(10)8(11)5-6/h3-5,12H,2H2,1H3. The first-order chi connectivity index (χ1) is 5.65. The van der Waals surface area contributed by atoms with E-state index < -0.39 is 11.6 Å². The molecular formula is C9H9F2O. The van der Waals surface area contributed by atoms with Crippen molar-refractivity contribution in [3.63, 3.8) is 0 Å². The summed E-state index contributed by atoms with van der Waals surface area (Å²) in [6, 6.07) is 3.32. The van der Waals surface area contributed by atoms with Crippen LogP contribution in [-0.4, -0.2) is 5.11 Å². The van der Waals surface area contributed by atoms with Gasteiger partial charge in [0.15, 0.2) is 11.6 Å². The van der Waals surface area contributed by atoms with Crippen LogP contribution in [0.4, 0.5) is 8.78 Å². The van der Waals surface area contributed by atoms with Crippen LogP contribution in [0.5, 0.6) is 0 Å². The summed E-state index contributed by atoms with van der Waals surface area (Å²) in [6.07, 6.45) is 0.472. The molecule has 1 rings (SSSR count). The summed E-state index contributed by atoms with van der Waals surface area (Å²) < 4.78 is 25.0. The van der Waals surface area contributed by atoms with Gasteiger partial charge in [-0.3, -0.25) is 0 Å². The van der Waals surface area contributed by atoms with E-state index in [-0.39, 0.29) is 6.10 Å². The fourth-order valence-corrected chi connectivity index (χ4v) is 0.880. The van der Waals surface area contributed by atoms with Gasteiger partial charge >= 0.3 is 0 Å². The van der Waals surface area contributed by atoms with Crippen LogP contribution in [0.2, 0.25) is 0 Å². The van der Waals surface area contributed by atoms with Crippen LogP contribution >= 0.6 is 0 Å². The van der Waals surface area contributed by atoms with E-state index in [1.165, 1.54) is 6.07 Å². The van der Waals surface area contributed by atoms with Crippen molar-refractivity contribution in [2.75, 3.05) is 0 Å². The van der Waals surface area contributed by atoms with Crippen molar-refractivity contribution < 1.29 is 13.9 Å². The molecule has 3 heteroatoms. The Kier molecular flexibility index (Phi) is 2.76. The van der Waals surface area contributed by atoms with Gasteiger partial charge in [0.05, 0.1) is 0 Å². The van der Waals surface area contributed by atoms with Crippen LogP contribution in [0.1, 0.15) is 18.9 Å². The molecule has 0 aliphatic rings. The molecule has 1 aromatic rings. The maximum atomic E-state index is 12.6. The topological polar surface area (TPSA) is 20.2 Å². The van der Waals surface area contributed by atoms with Gasteiger partial charge in [-0.25, -0.2) is 8.78 Å². The SMILES string of the molecule is CC[C](O)c1ccc(F)c(F)c1. The highest BCUT2D eigenvalue weighted by molar-refractivity contribution is 5.27. The zero-order chi connectivity index (χ0) is 9.14. The quantitative estimate of drug-likeness (QED) is 0.725. The minimum atomic E-state index is -0.937. The number of hydrogen-bond acceptors (Lipinski definition) is 1. The first kappa shape index (κ1) is 9.13. The molecule has 1 radical (unpaired) electrons. The number of benzene rings is 1. The number of halogens is 2. The van der Waals surface area contributed by atoms with E-state index in [0.29, 0.717) is 12.0 Å². The smallest absolute Gasteiger partial charge is 0.159 e. The van der Waals surface area contributed by atoms with Crippen molar-refractivity contribution in [1.29, 1.82) is 0 Å². The van der Waals surface area contributed by atoms with Crippen molar-refractivity contribution >= 4 is 0 Å². The fraction of sp³-hybridized carbons (Fsp3) is 0.222. The lowest BCUT2D eigenvalue weighted by Crippen LogP contribution is -1.97. The van der Waals surface area contributed by atoms with Crippen molar-refractivity contribution in [2.24, 2.45) is 0 Å². The fourth-order valence-electron chi connectivity index (χ4n) is 0.880. The summed E-state index contributed by atoms with van der Waals surface area (Å²) >= 11 is 0. The second-order valence-corrected chi connectivity index (χ2v) is 2.43. The molecule has 0 bridgehead atoms. The van der Waals surface area contributed by atoms with Crippen LogP contribution in [0.25, 0.3) is 0 Å². The van der Waals surface area contributed by atoms with Crippen molar-refractivity contribution in [3.05, 3.63) is 41.5 Å². The minimum absolute atomic E-state index is 0.0638. The zero-order valence-electron chi connectivity index (χ0n) is 6.64. The van der Waals surface area contributed by atoms with Crippen LogP contribution in [-0.2, 0) is 0 Å². The maximum Gasteiger partial charge on any atom is 0.159 e. The lowest BCUT2D eigenvalue weighted by molar-refractivity contribution is 0.317. The molecule has 0 aliphatic heterocycles. The molecule has 0 aromatic heterocycles. The summed E-state index contributed by atoms with van der Waals surface area (Å²) in [6.45, 7) is 1.73. The molecule has 65 valence electrons. The predicted octanol–water partition coefficient (Wildman–Crippen LogP) is 2.63. The molecule has 0 fully saturated rings. The molecular weight excluding hydrogens is 162 g/mol. The number of aliphatic hydroxyl groups is 1. The Morgan fingerprint density at radius 3 is 2.50 bits per heavy atom. The first-order valence-electron chi connectivity index (χ1n) is 3.65. The lowest BCUT2D eigenvalue weighted by Gasteiger charge is -2.05. The third-order valence-corrected chi connectivity index (χ3v) is 1.59. The van der Waals surface area contributed by atoms with Gasteiger partial charge in [-0.1, -0.05) is 13.0 Å². The highest BCUT2D eigenvalue weighted by atomic mass is 19.2. The van der Waals surface area contributed by atoms with Gasteiger partial charge in [0.1, 0.15) is 6.10 Å². The van der Waals surface area contributed by atoms with Crippen molar-refractivity contribution in [1.82, 2.24) is 0 Å². The molecule has 0 atom stereocenters. The van der Waals surface area contributed by atoms with E-state index in [1.54, 1.807) is 6.92 Å². The average molecular weight is 171 g/mol. The molecule has 1 nitrogen and oxygen atoms in total. The Morgan fingerprint density at radius 1 is 1.33 bits per heavy atom. The van der Waals surface area contributed by atoms with Crippen LogP contribution in [0.3, 0.4) is 0 Å². The van der Waals surface area contributed by atoms with Crippen LogP contribution < -0.4 is 0 Å². The predicted molar refractivity (Wildman–Crippen MR) is 40.9 cm³/mol. The molecule has 0 heterocycles. The van der Waals surface area contributed by atoms with Gasteiger partial charge in [-0.2, -0.15) is 0 Å². The Hall–Kier alpha value is -0.960. The van der Waals surface area contributed by atoms with Gasteiger partial charge in [0, 0.05) is 0 Å². The highest BCUT2D eigenvalue weighted by Crippen LogP contribution is 2.17. The van der Waals surface area contributed by atoms with Gasteiger partial charge in [-0.15, -0.1) is 0 Å². The second kappa shape index (κ2) is 3.63. The van der Waals surface area contributed by atoms with Gasteiger partial charge < -0.3 is 5.11 Å². The summed E-state index contributed by atoms with van der Waals surface area (Å²) in [7, 11) is 0. The number of hydrogen-bond donors (Lipinski definition) is 1. The van der Waals surface area contributed by atoms with E-state index >= 15 is 0 Å². The molecule has 0 saturated carbocycles. The second-order valence-electron chi connectivity index (χ2n) is 2.43. The third kappa shape index (κ3) is 1.80. The van der Waals surface area contributed by atoms with Gasteiger partial charge in [-0.05, 0) is 24.1 Å². The normalized spacial score (nSPS) is 10.8. The van der Waals surface area contributed by atoms with Gasteiger partial charge in [0.2, 0.25) is 0 Å². The number of aliphatic hydroxyl groups excluding tert-OH is 1. The Morgan fingerprint density at radius 2 is 2.00 bits per heavy atom. The molecule has 0 saturated heterocycles. The Bertz CT molecular complexity index is 273. The Labute approximate surface area is 69.7 Å². The molecule has 0 unspecified atom stereocenters. The van der Waals surface area contributed by atoms with E-state index in [4.69, 9.17) is 0 Å². The summed E-state index contributed by atoms with van der Waals surface area (Å²) in [4.78, 5) is 0. The molecule has 0 spiro atoms. The molecule has 1 N–H and O–H groups in total. The van der Waals surface area contributed by atoms with Crippen LogP contribution in [0.15, 0.2) is 18.2 Å². The van der Waals surface area contributed by atoms with Crippen molar-refractivity contribution in [3.8, 4) is 0 Å². The monoisotopic (exact) mass is 171 g/mol. The minimum Gasteiger partial charge on any atom is -0.382 e. The summed E-state index contributed by atoms with van der Waals surface area (Å²) in [5, 5.41) is 9.17. The third-order valence-electron chi connectivity index (χ3n) is 1.59. The summed E-state index contributed by atoms with van der Waals surface area (Å²) in [5.74, 6) is -1.84. The average Bonchev–Trinajstić information content (AvgIpc) is 2.08. The molecule has 12 heavy (non-hydrogen) atoms. The van der Waals surface area contributed by atoms with E-state index in [0.717, 1.165) is 12.1 Å². The molecule has 0 amide bonds. The van der Waals surface area contributed by atoms with Crippen molar-refractivity contribution in [2.45, 2.75) is 13.3 Å². The number of rotatable bonds is 2. The maximum absolute atomic E-state index is 12.6. The highest BCUT2D eigenvalue weighted by Gasteiger charge is 2.09. The molecule has 1 aromatic carbocycles. The van der Waals surface area contributed by atoms with E-state index in [9.17, 15) is 13.9 Å². The Balaban J connectivity index is 2.96. The van der Waals surface area contributed by atoms with E-state index in [2.05, 4.69) is 0 Å². The largest absolute Gasteiger partial charge is 0.382 e. The van der Waals surface area contributed by atoms with Crippen LogP contribution in [0, 0.1) is 17.7 Å².